The van der Waals surface area contributed by atoms with E-state index in [-0.39, 0.29) is 5.82 Å². The molecule has 1 N–H and O–H groups in total. The van der Waals surface area contributed by atoms with Gasteiger partial charge >= 0.3 is 0 Å². The van der Waals surface area contributed by atoms with Gasteiger partial charge in [-0.3, -0.25) is 0 Å². The lowest BCUT2D eigenvalue weighted by molar-refractivity contribution is 0.307. The predicted molar refractivity (Wildman–Crippen MR) is 112 cm³/mol. The van der Waals surface area contributed by atoms with Gasteiger partial charge in [-0.25, -0.2) is 9.37 Å². The number of ether oxygens (including phenoxy) is 1. The average molecular weight is 393 g/mol. The Morgan fingerprint density at radius 3 is 2.61 bits per heavy atom. The highest BCUT2D eigenvalue weighted by Crippen LogP contribution is 2.37. The van der Waals surface area contributed by atoms with Crippen molar-refractivity contribution in [1.29, 1.82) is 0 Å². The van der Waals surface area contributed by atoms with Crippen molar-refractivity contribution in [3.05, 3.63) is 89.2 Å². The number of nitrogens with zero attached hydrogens (tertiary/aromatic N) is 1. The first-order chi connectivity index (χ1) is 13.7. The Morgan fingerprint density at radius 1 is 1.00 bits per heavy atom. The van der Waals surface area contributed by atoms with Crippen molar-refractivity contribution in [3.63, 3.8) is 0 Å². The second-order valence-corrected chi connectivity index (χ2v) is 6.77. The number of pyridine rings is 1. The van der Waals surface area contributed by atoms with Crippen LogP contribution in [0.2, 0.25) is 5.02 Å². The SMILES string of the molecule is CNc1cc2cccc(Cl)c2nc1-c1cc(F)ccc1OCc1ccccc1. The van der Waals surface area contributed by atoms with Crippen LogP contribution in [0.1, 0.15) is 5.56 Å². The summed E-state index contributed by atoms with van der Waals surface area (Å²) in [7, 11) is 1.81. The molecular formula is C23H18ClFN2O. The first kappa shape index (κ1) is 18.3. The molecule has 0 amide bonds. The lowest BCUT2D eigenvalue weighted by Gasteiger charge is -2.15. The molecule has 0 aliphatic carbocycles. The number of nitrogens with one attached hydrogen (secondary N) is 1. The van der Waals surface area contributed by atoms with Crippen LogP contribution >= 0.6 is 11.6 Å². The molecule has 0 atom stereocenters. The zero-order chi connectivity index (χ0) is 19.5. The van der Waals surface area contributed by atoms with Crippen molar-refractivity contribution in [3.8, 4) is 17.0 Å². The van der Waals surface area contributed by atoms with Gasteiger partial charge in [0.05, 0.1) is 21.9 Å². The molecule has 0 radical (unpaired) electrons. The highest BCUT2D eigenvalue weighted by molar-refractivity contribution is 6.35. The van der Waals surface area contributed by atoms with Crippen LogP contribution in [-0.2, 0) is 6.61 Å². The number of anilines is 1. The van der Waals surface area contributed by atoms with Crippen LogP contribution in [-0.4, -0.2) is 12.0 Å². The molecule has 3 nitrogen and oxygen atoms in total. The van der Waals surface area contributed by atoms with E-state index in [1.807, 2.05) is 48.5 Å². The largest absolute Gasteiger partial charge is 0.488 e. The van der Waals surface area contributed by atoms with Gasteiger partial charge in [0.15, 0.2) is 0 Å². The Bertz CT molecular complexity index is 1130. The smallest absolute Gasteiger partial charge is 0.129 e. The molecule has 0 saturated heterocycles. The second-order valence-electron chi connectivity index (χ2n) is 6.36. The van der Waals surface area contributed by atoms with Crippen LogP contribution in [0.25, 0.3) is 22.2 Å². The van der Waals surface area contributed by atoms with Crippen molar-refractivity contribution in [2.24, 2.45) is 0 Å². The summed E-state index contributed by atoms with van der Waals surface area (Å²) in [6, 6.07) is 21.8. The molecule has 28 heavy (non-hydrogen) atoms. The van der Waals surface area contributed by atoms with Gasteiger partial charge in [0, 0.05) is 18.0 Å². The maximum Gasteiger partial charge on any atom is 0.129 e. The fourth-order valence-corrected chi connectivity index (χ4v) is 3.33. The number of rotatable bonds is 5. The molecule has 5 heteroatoms. The minimum absolute atomic E-state index is 0.356. The van der Waals surface area contributed by atoms with Gasteiger partial charge in [0.1, 0.15) is 18.2 Å². The molecule has 1 heterocycles. The molecule has 0 aliphatic heterocycles. The van der Waals surface area contributed by atoms with Gasteiger partial charge < -0.3 is 10.1 Å². The van der Waals surface area contributed by atoms with Crippen LogP contribution in [0.15, 0.2) is 72.8 Å². The van der Waals surface area contributed by atoms with E-state index < -0.39 is 0 Å². The van der Waals surface area contributed by atoms with Crippen LogP contribution in [0.4, 0.5) is 10.1 Å². The molecule has 0 aliphatic rings. The summed E-state index contributed by atoms with van der Waals surface area (Å²) in [6.45, 7) is 0.378. The van der Waals surface area contributed by atoms with Gasteiger partial charge in [-0.15, -0.1) is 0 Å². The van der Waals surface area contributed by atoms with E-state index in [1.165, 1.54) is 12.1 Å². The molecular weight excluding hydrogens is 375 g/mol. The minimum Gasteiger partial charge on any atom is -0.488 e. The van der Waals surface area contributed by atoms with E-state index in [2.05, 4.69) is 5.32 Å². The van der Waals surface area contributed by atoms with Crippen molar-refractivity contribution in [2.75, 3.05) is 12.4 Å². The Labute approximate surface area is 167 Å². The number of halogens is 2. The van der Waals surface area contributed by atoms with E-state index >= 15 is 0 Å². The topological polar surface area (TPSA) is 34.2 Å². The zero-order valence-electron chi connectivity index (χ0n) is 15.2. The maximum atomic E-state index is 14.1. The minimum atomic E-state index is -0.356. The van der Waals surface area contributed by atoms with E-state index in [0.717, 1.165) is 16.6 Å². The van der Waals surface area contributed by atoms with Crippen LogP contribution in [0.5, 0.6) is 5.75 Å². The summed E-state index contributed by atoms with van der Waals surface area (Å²) in [6.07, 6.45) is 0. The first-order valence-electron chi connectivity index (χ1n) is 8.89. The monoisotopic (exact) mass is 392 g/mol. The maximum absolute atomic E-state index is 14.1. The number of para-hydroxylation sites is 1. The van der Waals surface area contributed by atoms with Crippen LogP contribution in [0, 0.1) is 5.82 Å². The molecule has 0 saturated carbocycles. The molecule has 0 bridgehead atoms. The molecule has 3 aromatic carbocycles. The molecule has 4 rings (SSSR count). The van der Waals surface area contributed by atoms with Crippen LogP contribution < -0.4 is 10.1 Å². The Morgan fingerprint density at radius 2 is 1.82 bits per heavy atom. The third-order valence-corrected chi connectivity index (χ3v) is 4.80. The van der Waals surface area contributed by atoms with Gasteiger partial charge in [0.25, 0.3) is 0 Å². The summed E-state index contributed by atoms with van der Waals surface area (Å²) >= 11 is 6.34. The van der Waals surface area contributed by atoms with Crippen molar-refractivity contribution in [2.45, 2.75) is 6.61 Å². The first-order valence-corrected chi connectivity index (χ1v) is 9.27. The third kappa shape index (κ3) is 3.64. The van der Waals surface area contributed by atoms with Gasteiger partial charge in [-0.2, -0.15) is 0 Å². The Hall–Kier alpha value is -3.11. The second kappa shape index (κ2) is 7.87. The number of hydrogen-bond donors (Lipinski definition) is 1. The average Bonchev–Trinajstić information content (AvgIpc) is 2.73. The van der Waals surface area contributed by atoms with E-state index in [9.17, 15) is 4.39 Å². The summed E-state index contributed by atoms with van der Waals surface area (Å²) in [4.78, 5) is 4.73. The summed E-state index contributed by atoms with van der Waals surface area (Å²) in [5.74, 6) is 0.200. The molecule has 140 valence electrons. The van der Waals surface area contributed by atoms with Crippen molar-refractivity contribution in [1.82, 2.24) is 4.98 Å². The van der Waals surface area contributed by atoms with Gasteiger partial charge in [-0.05, 0) is 35.9 Å². The fraction of sp³-hybridized carbons (Fsp3) is 0.0870. The fourth-order valence-electron chi connectivity index (χ4n) is 3.11. The summed E-state index contributed by atoms with van der Waals surface area (Å²) in [5.41, 5.74) is 3.62. The third-order valence-electron chi connectivity index (χ3n) is 4.50. The number of fused-ring (bicyclic) bond motifs is 1. The molecule has 0 spiro atoms. The number of benzene rings is 3. The lowest BCUT2D eigenvalue weighted by atomic mass is 10.1. The lowest BCUT2D eigenvalue weighted by Crippen LogP contribution is -2.01. The molecule has 1 aromatic heterocycles. The molecule has 4 aromatic rings. The highest BCUT2D eigenvalue weighted by atomic mass is 35.5. The quantitative estimate of drug-likeness (QED) is 0.431. The number of hydrogen-bond acceptors (Lipinski definition) is 3. The number of aromatic nitrogens is 1. The van der Waals surface area contributed by atoms with Gasteiger partial charge in [0.2, 0.25) is 0 Å². The van der Waals surface area contributed by atoms with Gasteiger partial charge in [-0.1, -0.05) is 54.1 Å². The highest BCUT2D eigenvalue weighted by Gasteiger charge is 2.16. The predicted octanol–water partition coefficient (Wildman–Crippen LogP) is 6.32. The summed E-state index contributed by atoms with van der Waals surface area (Å²) in [5, 5.41) is 4.59. The van der Waals surface area contributed by atoms with E-state index in [0.29, 0.717) is 34.2 Å². The van der Waals surface area contributed by atoms with Crippen molar-refractivity contribution >= 4 is 28.2 Å². The summed E-state index contributed by atoms with van der Waals surface area (Å²) < 4.78 is 20.1. The Balaban J connectivity index is 1.82. The standard InChI is InChI=1S/C23H18ClFN2O/c1-26-20-12-16-8-5-9-19(24)22(16)27-23(20)18-13-17(25)10-11-21(18)28-14-15-6-3-2-4-7-15/h2-13,26H,14H2,1H3. The van der Waals surface area contributed by atoms with E-state index in [4.69, 9.17) is 21.3 Å². The normalized spacial score (nSPS) is 10.8. The Kier molecular flexibility index (Phi) is 5.13. The van der Waals surface area contributed by atoms with E-state index in [1.54, 1.807) is 19.2 Å². The zero-order valence-corrected chi connectivity index (χ0v) is 16.0. The molecule has 0 unspecified atom stereocenters. The van der Waals surface area contributed by atoms with Crippen molar-refractivity contribution < 1.29 is 9.13 Å². The van der Waals surface area contributed by atoms with Crippen LogP contribution in [0.3, 0.4) is 0 Å². The molecule has 0 fully saturated rings.